The van der Waals surface area contributed by atoms with E-state index in [0.717, 1.165) is 11.1 Å². The Morgan fingerprint density at radius 2 is 1.60 bits per heavy atom. The Kier molecular flexibility index (Phi) is 11.5. The molecule has 0 aromatic heterocycles. The van der Waals surface area contributed by atoms with E-state index in [-0.39, 0.29) is 0 Å². The van der Waals surface area contributed by atoms with Gasteiger partial charge in [0, 0.05) is 5.57 Å². The Morgan fingerprint density at radius 1 is 1.13 bits per heavy atom. The second kappa shape index (κ2) is 10.7. The molecule has 0 saturated heterocycles. The highest BCUT2D eigenvalue weighted by molar-refractivity contribution is 6.10. The summed E-state index contributed by atoms with van der Waals surface area (Å²) in [6.45, 7) is 13.6. The van der Waals surface area contributed by atoms with Crippen molar-refractivity contribution in [3.8, 4) is 0 Å². The van der Waals surface area contributed by atoms with E-state index < -0.39 is 0 Å². The fraction of sp³-hybridized carbons (Fsp3) is 0.357. The minimum Gasteiger partial charge on any atom is -0.300 e. The first-order valence-electron chi connectivity index (χ1n) is 5.52. The van der Waals surface area contributed by atoms with Crippen LogP contribution in [0.1, 0.15) is 34.6 Å². The molecule has 0 heterocycles. The number of nitrogens with one attached hydrogen (secondary N) is 1. The number of allylic oxidation sites excluding steroid dienone is 7. The van der Waals surface area contributed by atoms with Gasteiger partial charge in [-0.3, -0.25) is 0 Å². The summed E-state index contributed by atoms with van der Waals surface area (Å²) in [4.78, 5) is 0. The fourth-order valence-corrected chi connectivity index (χ4v) is 0.937. The van der Waals surface area contributed by atoms with Crippen LogP contribution in [-0.2, 0) is 0 Å². The molecule has 1 aliphatic rings. The number of hydrogen-bond donors (Lipinski definition) is 1. The maximum absolute atomic E-state index is 7.54. The Morgan fingerprint density at radius 3 is 2.00 bits per heavy atom. The molecule has 0 atom stereocenters. The SMILES string of the molecule is C=C/C(C)=C1/C=CC=CC1=N.CC.CC. The van der Waals surface area contributed by atoms with Gasteiger partial charge in [-0.05, 0) is 18.6 Å². The summed E-state index contributed by atoms with van der Waals surface area (Å²) in [5.74, 6) is 0. The lowest BCUT2D eigenvalue weighted by Gasteiger charge is -2.05. The number of hydrogen-bond acceptors (Lipinski definition) is 1. The molecule has 0 unspecified atom stereocenters. The van der Waals surface area contributed by atoms with Crippen LogP contribution in [0.5, 0.6) is 0 Å². The molecular formula is C14H23N. The molecule has 0 saturated carbocycles. The molecule has 0 aromatic rings. The van der Waals surface area contributed by atoms with Crippen LogP contribution in [0.3, 0.4) is 0 Å². The molecule has 1 rings (SSSR count). The van der Waals surface area contributed by atoms with Crippen molar-refractivity contribution in [1.29, 1.82) is 5.41 Å². The van der Waals surface area contributed by atoms with E-state index in [4.69, 9.17) is 5.41 Å². The summed E-state index contributed by atoms with van der Waals surface area (Å²) in [6.07, 6.45) is 9.28. The van der Waals surface area contributed by atoms with Crippen LogP contribution in [0, 0.1) is 5.41 Å². The van der Waals surface area contributed by atoms with Crippen LogP contribution in [0.15, 0.2) is 48.1 Å². The molecule has 0 fully saturated rings. The van der Waals surface area contributed by atoms with Crippen LogP contribution in [0.2, 0.25) is 0 Å². The third-order valence-electron chi connectivity index (χ3n) is 1.66. The molecule has 1 heteroatoms. The molecule has 0 amide bonds. The van der Waals surface area contributed by atoms with Gasteiger partial charge in [-0.25, -0.2) is 0 Å². The van der Waals surface area contributed by atoms with Gasteiger partial charge in [-0.2, -0.15) is 0 Å². The molecule has 0 spiro atoms. The predicted molar refractivity (Wildman–Crippen MR) is 71.6 cm³/mol. The van der Waals surface area contributed by atoms with Crippen molar-refractivity contribution >= 4 is 5.71 Å². The third-order valence-corrected chi connectivity index (χ3v) is 1.66. The average molecular weight is 205 g/mol. The zero-order valence-corrected chi connectivity index (χ0v) is 10.6. The van der Waals surface area contributed by atoms with E-state index in [1.165, 1.54) is 0 Å². The summed E-state index contributed by atoms with van der Waals surface area (Å²) in [7, 11) is 0. The normalized spacial score (nSPS) is 15.7. The first-order valence-corrected chi connectivity index (χ1v) is 5.52. The summed E-state index contributed by atoms with van der Waals surface area (Å²) in [5, 5.41) is 7.54. The molecule has 1 N–H and O–H groups in total. The zero-order valence-electron chi connectivity index (χ0n) is 10.6. The second-order valence-corrected chi connectivity index (χ2v) is 2.43. The highest BCUT2D eigenvalue weighted by atomic mass is 14.4. The van der Waals surface area contributed by atoms with Crippen molar-refractivity contribution in [2.75, 3.05) is 0 Å². The quantitative estimate of drug-likeness (QED) is 0.642. The lowest BCUT2D eigenvalue weighted by molar-refractivity contribution is 1.42. The van der Waals surface area contributed by atoms with Crippen LogP contribution >= 0.6 is 0 Å². The second-order valence-electron chi connectivity index (χ2n) is 2.43. The van der Waals surface area contributed by atoms with Crippen molar-refractivity contribution in [1.82, 2.24) is 0 Å². The van der Waals surface area contributed by atoms with Gasteiger partial charge >= 0.3 is 0 Å². The van der Waals surface area contributed by atoms with Gasteiger partial charge in [0.15, 0.2) is 0 Å². The van der Waals surface area contributed by atoms with Crippen molar-refractivity contribution in [2.45, 2.75) is 34.6 Å². The molecule has 0 aromatic carbocycles. The summed E-state index contributed by atoms with van der Waals surface area (Å²) < 4.78 is 0. The minimum atomic E-state index is 0.560. The molecule has 84 valence electrons. The summed E-state index contributed by atoms with van der Waals surface area (Å²) in [5.41, 5.74) is 2.57. The zero-order chi connectivity index (χ0) is 12.3. The fourth-order valence-electron chi connectivity index (χ4n) is 0.937. The average Bonchev–Trinajstić information content (AvgIpc) is 2.34. The van der Waals surface area contributed by atoms with E-state index in [1.54, 1.807) is 12.2 Å². The van der Waals surface area contributed by atoms with Gasteiger partial charge in [0.2, 0.25) is 0 Å². The Bertz CT molecular complexity index is 278. The van der Waals surface area contributed by atoms with Crippen molar-refractivity contribution in [3.63, 3.8) is 0 Å². The molecular weight excluding hydrogens is 182 g/mol. The van der Waals surface area contributed by atoms with Crippen molar-refractivity contribution in [2.24, 2.45) is 0 Å². The highest BCUT2D eigenvalue weighted by Crippen LogP contribution is 2.12. The molecule has 0 bridgehead atoms. The lowest BCUT2D eigenvalue weighted by Crippen LogP contribution is -1.99. The standard InChI is InChI=1S/C10H11N.2C2H6/c1-3-8(2)9-6-4-5-7-10(9)11;2*1-2/h3-7,11H,1H2,2H3;2*1-2H3/b9-8-,11-10?;;. The Balaban J connectivity index is 0. The van der Waals surface area contributed by atoms with Gasteiger partial charge in [0.25, 0.3) is 0 Å². The van der Waals surface area contributed by atoms with Gasteiger partial charge in [-0.15, -0.1) is 0 Å². The first-order chi connectivity index (χ1) is 7.25. The van der Waals surface area contributed by atoms with E-state index >= 15 is 0 Å². The molecule has 0 aliphatic heterocycles. The van der Waals surface area contributed by atoms with Crippen LogP contribution in [0.25, 0.3) is 0 Å². The maximum atomic E-state index is 7.54. The molecule has 1 aliphatic carbocycles. The maximum Gasteiger partial charge on any atom is 0.0614 e. The lowest BCUT2D eigenvalue weighted by atomic mass is 10.0. The Hall–Kier alpha value is -1.37. The van der Waals surface area contributed by atoms with Crippen LogP contribution in [0.4, 0.5) is 0 Å². The van der Waals surface area contributed by atoms with E-state index in [1.807, 2.05) is 52.8 Å². The van der Waals surface area contributed by atoms with E-state index in [2.05, 4.69) is 6.58 Å². The summed E-state index contributed by atoms with van der Waals surface area (Å²) >= 11 is 0. The van der Waals surface area contributed by atoms with E-state index in [0.29, 0.717) is 5.71 Å². The van der Waals surface area contributed by atoms with Gasteiger partial charge in [0.1, 0.15) is 0 Å². The predicted octanol–water partition coefficient (Wildman–Crippen LogP) is 4.69. The monoisotopic (exact) mass is 205 g/mol. The van der Waals surface area contributed by atoms with Gasteiger partial charge < -0.3 is 5.41 Å². The summed E-state index contributed by atoms with van der Waals surface area (Å²) in [6, 6.07) is 0. The van der Waals surface area contributed by atoms with Crippen molar-refractivity contribution in [3.05, 3.63) is 48.1 Å². The molecule has 1 nitrogen and oxygen atoms in total. The van der Waals surface area contributed by atoms with Crippen LogP contribution in [-0.4, -0.2) is 5.71 Å². The Labute approximate surface area is 94.4 Å². The highest BCUT2D eigenvalue weighted by Gasteiger charge is 2.02. The number of rotatable bonds is 1. The van der Waals surface area contributed by atoms with Gasteiger partial charge in [0.05, 0.1) is 5.71 Å². The van der Waals surface area contributed by atoms with Crippen molar-refractivity contribution < 1.29 is 0 Å². The largest absolute Gasteiger partial charge is 0.300 e. The smallest absolute Gasteiger partial charge is 0.0614 e. The third kappa shape index (κ3) is 5.84. The molecule has 0 radical (unpaired) electrons. The minimum absolute atomic E-state index is 0.560. The van der Waals surface area contributed by atoms with Crippen LogP contribution < -0.4 is 0 Å². The molecule has 15 heavy (non-hydrogen) atoms. The first kappa shape index (κ1) is 16.1. The van der Waals surface area contributed by atoms with Gasteiger partial charge in [-0.1, -0.05) is 58.6 Å². The topological polar surface area (TPSA) is 23.9 Å². The van der Waals surface area contributed by atoms with E-state index in [9.17, 15) is 0 Å².